The highest BCUT2D eigenvalue weighted by atomic mass is 32.1. The summed E-state index contributed by atoms with van der Waals surface area (Å²) in [7, 11) is 0. The summed E-state index contributed by atoms with van der Waals surface area (Å²) in [5.74, 6) is -0.295. The summed E-state index contributed by atoms with van der Waals surface area (Å²) in [6, 6.07) is 8.54. The second-order valence-corrected chi connectivity index (χ2v) is 6.67. The van der Waals surface area contributed by atoms with Gasteiger partial charge in [0.15, 0.2) is 5.13 Å². The number of amides is 3. The summed E-state index contributed by atoms with van der Waals surface area (Å²) in [4.78, 5) is 32.6. The molecule has 0 aliphatic carbocycles. The fourth-order valence-electron chi connectivity index (χ4n) is 2.75. The van der Waals surface area contributed by atoms with Gasteiger partial charge < -0.3 is 10.2 Å². The van der Waals surface area contributed by atoms with Crippen molar-refractivity contribution in [3.05, 3.63) is 41.9 Å². The Hall–Kier alpha value is -2.45. The smallest absolute Gasteiger partial charge is 0.325 e. The zero-order valence-electron chi connectivity index (χ0n) is 13.9. The number of imide groups is 1. The van der Waals surface area contributed by atoms with Crippen LogP contribution in [0.1, 0.15) is 6.42 Å². The number of benzene rings is 1. The van der Waals surface area contributed by atoms with Crippen molar-refractivity contribution in [1.29, 1.82) is 0 Å². The first-order valence-electron chi connectivity index (χ1n) is 8.23. The third-order valence-electron chi connectivity index (χ3n) is 3.93. The molecule has 2 heterocycles. The number of anilines is 2. The van der Waals surface area contributed by atoms with Gasteiger partial charge in [-0.3, -0.25) is 15.0 Å². The third kappa shape index (κ3) is 5.27. The first kappa shape index (κ1) is 17.4. The molecule has 0 unspecified atom stereocenters. The molecule has 1 aliphatic heterocycles. The lowest BCUT2D eigenvalue weighted by molar-refractivity contribution is -0.121. The summed E-state index contributed by atoms with van der Waals surface area (Å²) < 4.78 is 0. The lowest BCUT2D eigenvalue weighted by Gasteiger charge is -2.20. The maximum atomic E-state index is 12.1. The molecule has 1 saturated heterocycles. The number of aromatic nitrogens is 1. The number of thiazole rings is 1. The SMILES string of the molecule is O=C(CN1CCCN(c2nccs2)CC1)NC(=O)Nc1ccccc1. The average Bonchev–Trinajstić information content (AvgIpc) is 3.03. The van der Waals surface area contributed by atoms with Gasteiger partial charge in [0.1, 0.15) is 0 Å². The molecule has 3 amide bonds. The molecule has 2 N–H and O–H groups in total. The minimum Gasteiger partial charge on any atom is -0.347 e. The Labute approximate surface area is 150 Å². The molecule has 0 saturated carbocycles. The zero-order valence-corrected chi connectivity index (χ0v) is 14.7. The van der Waals surface area contributed by atoms with Crippen molar-refractivity contribution >= 4 is 34.1 Å². The minimum absolute atomic E-state index is 0.216. The molecule has 8 heteroatoms. The van der Waals surface area contributed by atoms with Crippen molar-refractivity contribution in [2.75, 3.05) is 42.9 Å². The van der Waals surface area contributed by atoms with Crippen molar-refractivity contribution in [1.82, 2.24) is 15.2 Å². The van der Waals surface area contributed by atoms with E-state index in [0.717, 1.165) is 37.7 Å². The topological polar surface area (TPSA) is 77.6 Å². The quantitative estimate of drug-likeness (QED) is 0.873. The molecule has 25 heavy (non-hydrogen) atoms. The number of urea groups is 1. The summed E-state index contributed by atoms with van der Waals surface area (Å²) in [6.07, 6.45) is 2.77. The van der Waals surface area contributed by atoms with E-state index in [4.69, 9.17) is 0 Å². The fraction of sp³-hybridized carbons (Fsp3) is 0.353. The van der Waals surface area contributed by atoms with Crippen LogP contribution in [0.3, 0.4) is 0 Å². The number of carbonyl (C=O) groups is 2. The Kier molecular flexibility index (Phi) is 5.97. The normalized spacial score (nSPS) is 15.4. The number of rotatable bonds is 4. The van der Waals surface area contributed by atoms with E-state index in [0.29, 0.717) is 5.69 Å². The lowest BCUT2D eigenvalue weighted by Crippen LogP contribution is -2.43. The van der Waals surface area contributed by atoms with Crippen molar-refractivity contribution in [2.45, 2.75) is 6.42 Å². The molecule has 0 atom stereocenters. The van der Waals surface area contributed by atoms with Crippen LogP contribution < -0.4 is 15.5 Å². The van der Waals surface area contributed by atoms with E-state index in [1.165, 1.54) is 0 Å². The Morgan fingerprint density at radius 3 is 2.72 bits per heavy atom. The van der Waals surface area contributed by atoms with E-state index in [1.807, 2.05) is 23.6 Å². The molecular formula is C17H21N5O2S. The second-order valence-electron chi connectivity index (χ2n) is 5.80. The highest BCUT2D eigenvalue weighted by Crippen LogP contribution is 2.18. The van der Waals surface area contributed by atoms with Gasteiger partial charge in [0.05, 0.1) is 6.54 Å². The number of hydrogen-bond acceptors (Lipinski definition) is 6. The number of para-hydroxylation sites is 1. The lowest BCUT2D eigenvalue weighted by atomic mass is 10.3. The molecule has 0 bridgehead atoms. The Balaban J connectivity index is 1.44. The molecule has 7 nitrogen and oxygen atoms in total. The van der Waals surface area contributed by atoms with Crippen molar-refractivity contribution in [3.63, 3.8) is 0 Å². The van der Waals surface area contributed by atoms with Gasteiger partial charge in [-0.15, -0.1) is 11.3 Å². The number of hydrogen-bond donors (Lipinski definition) is 2. The van der Waals surface area contributed by atoms with Gasteiger partial charge in [-0.2, -0.15) is 0 Å². The van der Waals surface area contributed by atoms with Gasteiger partial charge in [-0.25, -0.2) is 9.78 Å². The third-order valence-corrected chi connectivity index (χ3v) is 4.76. The van der Waals surface area contributed by atoms with E-state index in [-0.39, 0.29) is 12.5 Å². The van der Waals surface area contributed by atoms with Crippen molar-refractivity contribution in [3.8, 4) is 0 Å². The van der Waals surface area contributed by atoms with E-state index in [1.54, 1.807) is 29.7 Å². The highest BCUT2D eigenvalue weighted by molar-refractivity contribution is 7.13. The predicted octanol–water partition coefficient (Wildman–Crippen LogP) is 2.00. The first-order valence-corrected chi connectivity index (χ1v) is 9.11. The van der Waals surface area contributed by atoms with Crippen LogP contribution >= 0.6 is 11.3 Å². The fourth-order valence-corrected chi connectivity index (χ4v) is 3.44. The monoisotopic (exact) mass is 359 g/mol. The Bertz CT molecular complexity index is 692. The van der Waals surface area contributed by atoms with Gasteiger partial charge in [0.2, 0.25) is 5.91 Å². The molecule has 2 aromatic rings. The number of nitrogens with zero attached hydrogens (tertiary/aromatic N) is 3. The summed E-state index contributed by atoms with van der Waals surface area (Å²) >= 11 is 1.63. The van der Waals surface area contributed by atoms with Crippen LogP contribution in [0.15, 0.2) is 41.9 Å². The molecule has 1 aromatic heterocycles. The van der Waals surface area contributed by atoms with E-state index in [9.17, 15) is 9.59 Å². The maximum absolute atomic E-state index is 12.1. The molecule has 1 fully saturated rings. The van der Waals surface area contributed by atoms with Crippen LogP contribution in [0.2, 0.25) is 0 Å². The largest absolute Gasteiger partial charge is 0.347 e. The van der Waals surface area contributed by atoms with Crippen molar-refractivity contribution in [2.24, 2.45) is 0 Å². The Morgan fingerprint density at radius 2 is 1.96 bits per heavy atom. The standard InChI is InChI=1S/C17H21N5O2S/c23-15(20-16(24)19-14-5-2-1-3-6-14)13-21-8-4-9-22(11-10-21)17-18-7-12-25-17/h1-3,5-7,12H,4,8-11,13H2,(H2,19,20,23,24). The Morgan fingerprint density at radius 1 is 1.12 bits per heavy atom. The van der Waals surface area contributed by atoms with Gasteiger partial charge in [-0.1, -0.05) is 18.2 Å². The van der Waals surface area contributed by atoms with Gasteiger partial charge in [-0.05, 0) is 18.6 Å². The summed E-state index contributed by atoms with van der Waals surface area (Å²) in [5.41, 5.74) is 0.654. The van der Waals surface area contributed by atoms with Crippen LogP contribution in [0.25, 0.3) is 0 Å². The molecular weight excluding hydrogens is 338 g/mol. The van der Waals surface area contributed by atoms with E-state index < -0.39 is 6.03 Å². The number of carbonyl (C=O) groups excluding carboxylic acids is 2. The maximum Gasteiger partial charge on any atom is 0.325 e. The van der Waals surface area contributed by atoms with Crippen LogP contribution in [-0.2, 0) is 4.79 Å². The number of nitrogens with one attached hydrogen (secondary N) is 2. The molecule has 1 aromatic carbocycles. The molecule has 132 valence electrons. The first-order chi connectivity index (χ1) is 12.2. The van der Waals surface area contributed by atoms with Crippen molar-refractivity contribution < 1.29 is 9.59 Å². The van der Waals surface area contributed by atoms with Gasteiger partial charge in [0.25, 0.3) is 0 Å². The van der Waals surface area contributed by atoms with E-state index >= 15 is 0 Å². The van der Waals surface area contributed by atoms with Crippen LogP contribution in [0.4, 0.5) is 15.6 Å². The average molecular weight is 359 g/mol. The minimum atomic E-state index is -0.504. The molecule has 3 rings (SSSR count). The zero-order chi connectivity index (χ0) is 17.5. The highest BCUT2D eigenvalue weighted by Gasteiger charge is 2.19. The summed E-state index contributed by atoms with van der Waals surface area (Å²) in [6.45, 7) is 3.58. The molecule has 0 radical (unpaired) electrons. The molecule has 1 aliphatic rings. The van der Waals surface area contributed by atoms with E-state index in [2.05, 4.69) is 25.4 Å². The van der Waals surface area contributed by atoms with Gasteiger partial charge >= 0.3 is 6.03 Å². The second kappa shape index (κ2) is 8.59. The van der Waals surface area contributed by atoms with Crippen LogP contribution in [0.5, 0.6) is 0 Å². The molecule has 0 spiro atoms. The predicted molar refractivity (Wildman–Crippen MR) is 99.0 cm³/mol. The summed E-state index contributed by atoms with van der Waals surface area (Å²) in [5, 5.41) is 8.01. The van der Waals surface area contributed by atoms with Crippen LogP contribution in [-0.4, -0.2) is 54.5 Å². The van der Waals surface area contributed by atoms with Gasteiger partial charge in [0, 0.05) is 43.4 Å². The van der Waals surface area contributed by atoms with Crippen LogP contribution in [0, 0.1) is 0 Å².